The Hall–Kier alpha value is 0.739. The first-order valence-electron chi connectivity index (χ1n) is 3.77. The second-order valence-corrected chi connectivity index (χ2v) is 5.55. The predicted octanol–water partition coefficient (Wildman–Crippen LogP) is 3.56. The molecule has 0 N–H and O–H groups in total. The van der Waals surface area contributed by atoms with E-state index in [4.69, 9.17) is 0 Å². The van der Waals surface area contributed by atoms with Crippen LogP contribution in [-0.4, -0.2) is 15.0 Å². The van der Waals surface area contributed by atoms with Crippen LogP contribution >= 0.6 is 15.9 Å². The molecule has 0 aliphatic carbocycles. The summed E-state index contributed by atoms with van der Waals surface area (Å²) in [5.41, 5.74) is 0. The molecule has 0 aromatic rings. The van der Waals surface area contributed by atoms with Gasteiger partial charge in [-0.1, -0.05) is 0 Å². The molecule has 2 heteroatoms. The van der Waals surface area contributed by atoms with Crippen LogP contribution in [-0.2, 0) is 0 Å². The average molecular weight is 270 g/mol. The molecule has 0 saturated heterocycles. The predicted molar refractivity (Wildman–Crippen MR) is 52.8 cm³/mol. The topological polar surface area (TPSA) is 0 Å². The fourth-order valence-corrected chi connectivity index (χ4v) is 2.52. The molecular formula is C8H15BrSe. The van der Waals surface area contributed by atoms with Crippen LogP contribution in [0, 0.1) is 0 Å². The molecule has 0 spiro atoms. The van der Waals surface area contributed by atoms with Crippen molar-refractivity contribution in [1.29, 1.82) is 0 Å². The van der Waals surface area contributed by atoms with Gasteiger partial charge in [0.2, 0.25) is 0 Å². The van der Waals surface area contributed by atoms with E-state index in [0.29, 0.717) is 0 Å². The summed E-state index contributed by atoms with van der Waals surface area (Å²) in [6.07, 6.45) is 3.84. The van der Waals surface area contributed by atoms with Crippen molar-refractivity contribution in [1.82, 2.24) is 0 Å². The molecule has 0 aliphatic heterocycles. The van der Waals surface area contributed by atoms with Gasteiger partial charge < -0.3 is 0 Å². The number of allylic oxidation sites excluding steroid dienone is 1. The van der Waals surface area contributed by atoms with Gasteiger partial charge in [0.05, 0.1) is 0 Å². The summed E-state index contributed by atoms with van der Waals surface area (Å²) in [5, 5.41) is 1.31. The molecular weight excluding hydrogens is 255 g/mol. The number of rotatable bonds is 5. The number of unbranched alkanes of at least 4 members (excludes halogenated alkanes) is 1. The first kappa shape index (κ1) is 10.7. The molecule has 0 aliphatic rings. The Labute approximate surface area is 78.8 Å². The van der Waals surface area contributed by atoms with Crippen LogP contribution in [0.5, 0.6) is 0 Å². The van der Waals surface area contributed by atoms with Crippen LogP contribution in [0.1, 0.15) is 33.1 Å². The molecule has 0 aromatic heterocycles. The molecule has 0 unspecified atom stereocenters. The third kappa shape index (κ3) is 6.85. The monoisotopic (exact) mass is 270 g/mol. The van der Waals surface area contributed by atoms with E-state index in [9.17, 15) is 0 Å². The zero-order valence-electron chi connectivity index (χ0n) is 6.69. The standard InChI is InChI=1S/C8H15BrSe/c1-3-5-6-8(9)7-10-4-2/h7H,3-6H2,1-2H3/b8-7-. The van der Waals surface area contributed by atoms with E-state index in [1.54, 1.807) is 0 Å². The second kappa shape index (κ2) is 7.84. The van der Waals surface area contributed by atoms with Gasteiger partial charge in [0.25, 0.3) is 0 Å². The number of halogens is 1. The van der Waals surface area contributed by atoms with Gasteiger partial charge in [0, 0.05) is 0 Å². The van der Waals surface area contributed by atoms with E-state index >= 15 is 0 Å². The normalized spacial score (nSPS) is 12.1. The van der Waals surface area contributed by atoms with Crippen molar-refractivity contribution in [2.45, 2.75) is 38.4 Å². The SMILES string of the molecule is CCCC/C(Br)=C/[Se]CC. The molecule has 0 fully saturated rings. The third-order valence-electron chi connectivity index (χ3n) is 1.15. The van der Waals surface area contributed by atoms with Crippen LogP contribution in [0.4, 0.5) is 0 Å². The second-order valence-electron chi connectivity index (χ2n) is 2.12. The first-order valence-corrected chi connectivity index (χ1v) is 6.76. The van der Waals surface area contributed by atoms with Crippen molar-refractivity contribution in [3.8, 4) is 0 Å². The van der Waals surface area contributed by atoms with Gasteiger partial charge in [-0.05, 0) is 0 Å². The summed E-state index contributed by atoms with van der Waals surface area (Å²) in [6, 6.07) is 0. The van der Waals surface area contributed by atoms with E-state index in [-0.39, 0.29) is 0 Å². The van der Waals surface area contributed by atoms with E-state index < -0.39 is 0 Å². The van der Waals surface area contributed by atoms with Crippen LogP contribution in [0.15, 0.2) is 9.46 Å². The quantitative estimate of drug-likeness (QED) is 0.670. The van der Waals surface area contributed by atoms with Crippen molar-refractivity contribution < 1.29 is 0 Å². The summed E-state index contributed by atoms with van der Waals surface area (Å²) < 4.78 is 1.41. The first-order chi connectivity index (χ1) is 4.81. The van der Waals surface area contributed by atoms with Crippen LogP contribution in [0.25, 0.3) is 0 Å². The minimum absolute atomic E-state index is 0.729. The van der Waals surface area contributed by atoms with Crippen molar-refractivity contribution in [3.05, 3.63) is 9.46 Å². The maximum atomic E-state index is 3.56. The van der Waals surface area contributed by atoms with Crippen LogP contribution in [0.2, 0.25) is 5.32 Å². The fourth-order valence-electron chi connectivity index (χ4n) is 0.578. The van der Waals surface area contributed by atoms with Gasteiger partial charge in [-0.25, -0.2) is 0 Å². The molecule has 0 heterocycles. The van der Waals surface area contributed by atoms with Crippen molar-refractivity contribution >= 4 is 30.9 Å². The Morgan fingerprint density at radius 3 is 2.70 bits per heavy atom. The van der Waals surface area contributed by atoms with Crippen molar-refractivity contribution in [3.63, 3.8) is 0 Å². The zero-order valence-corrected chi connectivity index (χ0v) is 9.99. The number of hydrogen-bond acceptors (Lipinski definition) is 0. The average Bonchev–Trinajstić information content (AvgIpc) is 1.97. The molecule has 0 bridgehead atoms. The van der Waals surface area contributed by atoms with E-state index in [2.05, 4.69) is 34.8 Å². The van der Waals surface area contributed by atoms with Gasteiger partial charge in [0.15, 0.2) is 0 Å². The Bertz CT molecular complexity index is 99.4. The zero-order chi connectivity index (χ0) is 7.82. The Balaban J connectivity index is 3.30. The van der Waals surface area contributed by atoms with Crippen molar-refractivity contribution in [2.75, 3.05) is 0 Å². The summed E-state index contributed by atoms with van der Waals surface area (Å²) in [5.74, 6) is 0. The molecule has 0 aromatic carbocycles. The Morgan fingerprint density at radius 1 is 1.50 bits per heavy atom. The summed E-state index contributed by atoms with van der Waals surface area (Å²) >= 11 is 4.29. The fraction of sp³-hybridized carbons (Fsp3) is 0.750. The van der Waals surface area contributed by atoms with Gasteiger partial charge in [-0.2, -0.15) is 0 Å². The molecule has 0 saturated carbocycles. The third-order valence-corrected chi connectivity index (χ3v) is 4.10. The molecule has 0 rings (SSSR count). The molecule has 0 nitrogen and oxygen atoms in total. The summed E-state index contributed by atoms with van der Waals surface area (Å²) in [4.78, 5) is 2.35. The van der Waals surface area contributed by atoms with Crippen LogP contribution < -0.4 is 0 Å². The minimum atomic E-state index is 0.729. The molecule has 0 radical (unpaired) electrons. The summed E-state index contributed by atoms with van der Waals surface area (Å²) in [6.45, 7) is 4.46. The van der Waals surface area contributed by atoms with Crippen molar-refractivity contribution in [2.24, 2.45) is 0 Å². The van der Waals surface area contributed by atoms with Crippen LogP contribution in [0.3, 0.4) is 0 Å². The van der Waals surface area contributed by atoms with Gasteiger partial charge in [-0.3, -0.25) is 0 Å². The molecule has 60 valence electrons. The van der Waals surface area contributed by atoms with Gasteiger partial charge in [0.1, 0.15) is 0 Å². The summed E-state index contributed by atoms with van der Waals surface area (Å²) in [7, 11) is 0. The van der Waals surface area contributed by atoms with Gasteiger partial charge in [-0.15, -0.1) is 0 Å². The Morgan fingerprint density at radius 2 is 2.20 bits per heavy atom. The molecule has 10 heavy (non-hydrogen) atoms. The Kier molecular flexibility index (Phi) is 8.42. The molecule has 0 atom stereocenters. The molecule has 0 amide bonds. The van der Waals surface area contributed by atoms with Gasteiger partial charge >= 0.3 is 78.8 Å². The van der Waals surface area contributed by atoms with E-state index in [1.807, 2.05) is 0 Å². The van der Waals surface area contributed by atoms with E-state index in [1.165, 1.54) is 29.1 Å². The maximum absolute atomic E-state index is 3.56. The van der Waals surface area contributed by atoms with E-state index in [0.717, 1.165) is 15.0 Å². The number of hydrogen-bond donors (Lipinski definition) is 0.